The minimum Gasteiger partial charge on any atom is -0.480 e. The molecule has 8 heteroatoms. The van der Waals surface area contributed by atoms with Crippen molar-refractivity contribution in [3.05, 3.63) is 95.6 Å². The van der Waals surface area contributed by atoms with Crippen molar-refractivity contribution in [2.24, 2.45) is 0 Å². The van der Waals surface area contributed by atoms with E-state index in [1.165, 1.54) is 0 Å². The lowest BCUT2D eigenvalue weighted by Gasteiger charge is -2.22. The van der Waals surface area contributed by atoms with Crippen molar-refractivity contribution in [2.45, 2.75) is 25.0 Å². The van der Waals surface area contributed by atoms with Crippen LogP contribution in [0.15, 0.2) is 78.9 Å². The van der Waals surface area contributed by atoms with E-state index in [1.807, 2.05) is 54.6 Å². The average molecular weight is 489 g/mol. The van der Waals surface area contributed by atoms with Crippen molar-refractivity contribution in [3.8, 4) is 11.1 Å². The molecular formula is C28H28N2O6. The Kier molecular flexibility index (Phi) is 7.97. The van der Waals surface area contributed by atoms with E-state index in [1.54, 1.807) is 24.3 Å². The third kappa shape index (κ3) is 6.09. The number of carbonyl (C=O) groups excluding carboxylic acids is 2. The van der Waals surface area contributed by atoms with E-state index in [4.69, 9.17) is 9.84 Å². The van der Waals surface area contributed by atoms with Gasteiger partial charge in [-0.3, -0.25) is 9.59 Å². The Hall–Kier alpha value is -4.17. The molecule has 1 aliphatic carbocycles. The second-order valence-electron chi connectivity index (χ2n) is 8.69. The van der Waals surface area contributed by atoms with Gasteiger partial charge >= 0.3 is 12.1 Å². The Morgan fingerprint density at radius 2 is 1.47 bits per heavy atom. The second-order valence-corrected chi connectivity index (χ2v) is 8.69. The SMILES string of the molecule is O=C(O)CN(Cc1ccccc1)C(=O)CC(O)CNC(=O)OCC1c2ccccc2-c2ccccc21. The molecule has 0 bridgehead atoms. The van der Waals surface area contributed by atoms with Crippen LogP contribution >= 0.6 is 0 Å². The van der Waals surface area contributed by atoms with Gasteiger partial charge in [0.05, 0.1) is 12.5 Å². The summed E-state index contributed by atoms with van der Waals surface area (Å²) >= 11 is 0. The molecule has 3 aromatic rings. The Morgan fingerprint density at radius 1 is 0.889 bits per heavy atom. The van der Waals surface area contributed by atoms with Crippen LogP contribution in [0.4, 0.5) is 4.79 Å². The maximum Gasteiger partial charge on any atom is 0.407 e. The van der Waals surface area contributed by atoms with Gasteiger partial charge in [-0.05, 0) is 27.8 Å². The van der Waals surface area contributed by atoms with E-state index in [-0.39, 0.29) is 32.0 Å². The van der Waals surface area contributed by atoms with Crippen molar-refractivity contribution in [3.63, 3.8) is 0 Å². The summed E-state index contributed by atoms with van der Waals surface area (Å²) in [5.74, 6) is -1.76. The quantitative estimate of drug-likeness (QED) is 0.403. The van der Waals surface area contributed by atoms with E-state index in [9.17, 15) is 19.5 Å². The standard InChI is InChI=1S/C28H28N2O6/c31-20(14-26(32)30(17-27(33)34)16-19-8-2-1-3-9-19)15-29-28(35)36-18-25-23-12-6-4-10-21(23)22-11-5-7-13-24(22)25/h1-13,20,25,31H,14-18H2,(H,29,35)(H,33,34). The highest BCUT2D eigenvalue weighted by molar-refractivity contribution is 5.82. The Morgan fingerprint density at radius 3 is 2.08 bits per heavy atom. The molecule has 0 aromatic heterocycles. The van der Waals surface area contributed by atoms with Crippen molar-refractivity contribution >= 4 is 18.0 Å². The molecule has 0 spiro atoms. The predicted molar refractivity (Wildman–Crippen MR) is 133 cm³/mol. The number of aliphatic hydroxyl groups excluding tert-OH is 1. The zero-order chi connectivity index (χ0) is 25.5. The number of fused-ring (bicyclic) bond motifs is 3. The van der Waals surface area contributed by atoms with E-state index in [0.29, 0.717) is 0 Å². The van der Waals surface area contributed by atoms with Crippen molar-refractivity contribution in [2.75, 3.05) is 19.7 Å². The number of carboxylic acid groups (broad SMARTS) is 1. The molecule has 0 fully saturated rings. The lowest BCUT2D eigenvalue weighted by atomic mass is 9.98. The highest BCUT2D eigenvalue weighted by atomic mass is 16.5. The van der Waals surface area contributed by atoms with Crippen LogP contribution < -0.4 is 5.32 Å². The first kappa shape index (κ1) is 24.9. The molecule has 4 rings (SSSR count). The number of hydrogen-bond acceptors (Lipinski definition) is 5. The molecule has 1 aliphatic rings. The molecule has 0 aliphatic heterocycles. The molecule has 1 unspecified atom stereocenters. The van der Waals surface area contributed by atoms with Crippen LogP contribution in [0.5, 0.6) is 0 Å². The number of hydrogen-bond donors (Lipinski definition) is 3. The fourth-order valence-corrected chi connectivity index (χ4v) is 4.45. The number of amides is 2. The van der Waals surface area contributed by atoms with Crippen LogP contribution in [0.2, 0.25) is 0 Å². The number of alkyl carbamates (subject to hydrolysis) is 1. The molecule has 3 N–H and O–H groups in total. The highest BCUT2D eigenvalue weighted by Crippen LogP contribution is 2.44. The molecule has 186 valence electrons. The van der Waals surface area contributed by atoms with Crippen LogP contribution in [0, 0.1) is 0 Å². The summed E-state index contributed by atoms with van der Waals surface area (Å²) in [6, 6.07) is 25.0. The number of aliphatic carboxylic acids is 1. The zero-order valence-corrected chi connectivity index (χ0v) is 19.7. The number of aliphatic hydroxyl groups is 1. The molecule has 8 nitrogen and oxygen atoms in total. The van der Waals surface area contributed by atoms with Gasteiger partial charge in [0.1, 0.15) is 13.2 Å². The van der Waals surface area contributed by atoms with Crippen LogP contribution in [0.3, 0.4) is 0 Å². The first-order valence-electron chi connectivity index (χ1n) is 11.7. The fourth-order valence-electron chi connectivity index (χ4n) is 4.45. The summed E-state index contributed by atoms with van der Waals surface area (Å²) in [6.45, 7) is -0.439. The van der Waals surface area contributed by atoms with Gasteiger partial charge in [-0.15, -0.1) is 0 Å². The van der Waals surface area contributed by atoms with Crippen LogP contribution in [0.25, 0.3) is 11.1 Å². The van der Waals surface area contributed by atoms with Gasteiger partial charge < -0.3 is 25.2 Å². The van der Waals surface area contributed by atoms with Gasteiger partial charge in [-0.25, -0.2) is 4.79 Å². The van der Waals surface area contributed by atoms with Gasteiger partial charge in [0.2, 0.25) is 5.91 Å². The summed E-state index contributed by atoms with van der Waals surface area (Å²) < 4.78 is 5.44. The number of nitrogens with zero attached hydrogens (tertiary/aromatic N) is 1. The van der Waals surface area contributed by atoms with Gasteiger partial charge in [0.15, 0.2) is 0 Å². The van der Waals surface area contributed by atoms with Gasteiger partial charge in [0, 0.05) is 19.0 Å². The smallest absolute Gasteiger partial charge is 0.407 e. The number of benzene rings is 3. The van der Waals surface area contributed by atoms with Gasteiger partial charge in [0.25, 0.3) is 0 Å². The predicted octanol–water partition coefficient (Wildman–Crippen LogP) is 3.39. The normalized spacial score (nSPS) is 12.8. The first-order chi connectivity index (χ1) is 17.4. The second kappa shape index (κ2) is 11.5. The molecule has 0 heterocycles. The van der Waals surface area contributed by atoms with Crippen molar-refractivity contribution in [1.82, 2.24) is 10.2 Å². The molecule has 3 aromatic carbocycles. The van der Waals surface area contributed by atoms with Crippen molar-refractivity contribution < 1.29 is 29.3 Å². The van der Waals surface area contributed by atoms with Crippen LogP contribution in [-0.4, -0.2) is 58.9 Å². The minimum atomic E-state index is -1.19. The van der Waals surface area contributed by atoms with E-state index in [0.717, 1.165) is 32.7 Å². The van der Waals surface area contributed by atoms with E-state index >= 15 is 0 Å². The first-order valence-corrected chi connectivity index (χ1v) is 11.7. The maximum absolute atomic E-state index is 12.6. The molecule has 2 amide bonds. The molecule has 0 saturated carbocycles. The van der Waals surface area contributed by atoms with Crippen LogP contribution in [-0.2, 0) is 20.9 Å². The number of carbonyl (C=O) groups is 3. The van der Waals surface area contributed by atoms with Gasteiger partial charge in [-0.2, -0.15) is 0 Å². The third-order valence-electron chi connectivity index (χ3n) is 6.13. The van der Waals surface area contributed by atoms with E-state index in [2.05, 4.69) is 5.32 Å². The molecule has 1 atom stereocenters. The number of carboxylic acids is 1. The summed E-state index contributed by atoms with van der Waals surface area (Å²) in [5, 5.41) is 21.9. The van der Waals surface area contributed by atoms with Crippen molar-refractivity contribution in [1.29, 1.82) is 0 Å². The Bertz CT molecular complexity index is 1180. The lowest BCUT2D eigenvalue weighted by Crippen LogP contribution is -2.40. The Labute approximate surface area is 209 Å². The summed E-state index contributed by atoms with van der Waals surface area (Å²) in [5.41, 5.74) is 5.21. The number of ether oxygens (including phenoxy) is 1. The summed E-state index contributed by atoms with van der Waals surface area (Å²) in [7, 11) is 0. The zero-order valence-electron chi connectivity index (χ0n) is 19.7. The minimum absolute atomic E-state index is 0.0859. The van der Waals surface area contributed by atoms with Gasteiger partial charge in [-0.1, -0.05) is 78.9 Å². The number of rotatable bonds is 10. The molecule has 36 heavy (non-hydrogen) atoms. The lowest BCUT2D eigenvalue weighted by molar-refractivity contribution is -0.145. The third-order valence-corrected chi connectivity index (χ3v) is 6.13. The summed E-state index contributed by atoms with van der Waals surface area (Å²) in [4.78, 5) is 37.3. The average Bonchev–Trinajstić information content (AvgIpc) is 3.20. The summed E-state index contributed by atoms with van der Waals surface area (Å²) in [6.07, 6.45) is -2.22. The monoisotopic (exact) mass is 488 g/mol. The van der Waals surface area contributed by atoms with Crippen LogP contribution in [0.1, 0.15) is 29.0 Å². The molecule has 0 radical (unpaired) electrons. The van der Waals surface area contributed by atoms with E-state index < -0.39 is 30.6 Å². The number of nitrogens with one attached hydrogen (secondary N) is 1. The highest BCUT2D eigenvalue weighted by Gasteiger charge is 2.29. The molecular weight excluding hydrogens is 460 g/mol. The maximum atomic E-state index is 12.6. The largest absolute Gasteiger partial charge is 0.480 e. The molecule has 0 saturated heterocycles. The topological polar surface area (TPSA) is 116 Å². The Balaban J connectivity index is 1.27. The fraction of sp³-hybridized carbons (Fsp3) is 0.250.